The molecule has 1 aromatic heterocycles. The molecule has 7 nitrogen and oxygen atoms in total. The first kappa shape index (κ1) is 11.5. The van der Waals surface area contributed by atoms with Crippen LogP contribution in [0.2, 0.25) is 0 Å². The molecule has 0 atom stereocenters. The lowest BCUT2D eigenvalue weighted by atomic mass is 10.3. The largest absolute Gasteiger partial charge is 0.465 e. The summed E-state index contributed by atoms with van der Waals surface area (Å²) < 4.78 is 5.24. The van der Waals surface area contributed by atoms with Crippen molar-refractivity contribution in [3.8, 4) is 0 Å². The molecule has 0 radical (unpaired) electrons. The molecule has 1 aliphatic heterocycles. The summed E-state index contributed by atoms with van der Waals surface area (Å²) in [4.78, 5) is 16.7. The number of ether oxygens (including phenoxy) is 1. The van der Waals surface area contributed by atoms with Crippen LogP contribution >= 0.6 is 0 Å². The van der Waals surface area contributed by atoms with E-state index in [1.54, 1.807) is 12.1 Å². The Balaban J connectivity index is 2.14. The molecule has 92 valence electrons. The summed E-state index contributed by atoms with van der Waals surface area (Å²) in [7, 11) is 0. The third kappa shape index (κ3) is 2.76. The smallest absolute Gasteiger partial charge is 0.409 e. The molecular weight excluding hydrogens is 224 g/mol. The van der Waals surface area contributed by atoms with Gasteiger partial charge in [0, 0.05) is 13.1 Å². The highest BCUT2D eigenvalue weighted by Crippen LogP contribution is 2.21. The molecule has 0 aromatic carbocycles. The fraction of sp³-hybridized carbons (Fsp3) is 0.400. The van der Waals surface area contributed by atoms with Crippen LogP contribution in [0.25, 0.3) is 0 Å². The maximum Gasteiger partial charge on any atom is 0.409 e. The van der Waals surface area contributed by atoms with E-state index in [1.165, 1.54) is 0 Å². The van der Waals surface area contributed by atoms with E-state index in [-0.39, 0.29) is 5.82 Å². The van der Waals surface area contributed by atoms with Crippen LogP contribution in [0.5, 0.6) is 0 Å². The minimum Gasteiger partial charge on any atom is -0.465 e. The first-order valence-electron chi connectivity index (χ1n) is 5.26. The lowest BCUT2D eigenvalue weighted by molar-refractivity contribution is 0.122. The molecule has 0 unspecified atom stereocenters. The van der Waals surface area contributed by atoms with Crippen molar-refractivity contribution >= 4 is 23.4 Å². The second kappa shape index (κ2) is 4.88. The number of nitrogen functional groups attached to an aromatic ring is 1. The zero-order valence-corrected chi connectivity index (χ0v) is 9.22. The Bertz CT molecular complexity index is 418. The van der Waals surface area contributed by atoms with Gasteiger partial charge in [0.05, 0.1) is 18.9 Å². The number of nitrogens with two attached hydrogens (primary N) is 1. The lowest BCUT2D eigenvalue weighted by Gasteiger charge is -2.28. The van der Waals surface area contributed by atoms with E-state index in [2.05, 4.69) is 10.3 Å². The topological polar surface area (TPSA) is 101 Å². The molecule has 1 aliphatic rings. The second-order valence-electron chi connectivity index (χ2n) is 3.63. The highest BCUT2D eigenvalue weighted by atomic mass is 16.5. The number of hydrogen-bond donors (Lipinski definition) is 3. The van der Waals surface area contributed by atoms with Gasteiger partial charge in [-0.3, -0.25) is 5.32 Å². The van der Waals surface area contributed by atoms with Crippen molar-refractivity contribution in [1.82, 2.24) is 4.98 Å². The number of rotatable bonds is 2. The van der Waals surface area contributed by atoms with Gasteiger partial charge in [0.1, 0.15) is 11.6 Å². The average molecular weight is 238 g/mol. The molecule has 0 spiro atoms. The van der Waals surface area contributed by atoms with Crippen LogP contribution in [0.1, 0.15) is 0 Å². The monoisotopic (exact) mass is 238 g/mol. The molecule has 1 saturated heterocycles. The van der Waals surface area contributed by atoms with E-state index in [0.29, 0.717) is 18.9 Å². The number of amides is 1. The van der Waals surface area contributed by atoms with E-state index in [0.717, 1.165) is 18.9 Å². The van der Waals surface area contributed by atoms with Gasteiger partial charge in [-0.25, -0.2) is 9.78 Å². The van der Waals surface area contributed by atoms with Gasteiger partial charge in [0.2, 0.25) is 0 Å². The Kier molecular flexibility index (Phi) is 3.29. The highest BCUT2D eigenvalue weighted by Gasteiger charge is 2.14. The summed E-state index contributed by atoms with van der Waals surface area (Å²) in [5.41, 5.74) is 5.98. The van der Waals surface area contributed by atoms with Crippen LogP contribution < -0.4 is 16.0 Å². The molecule has 1 amide bonds. The van der Waals surface area contributed by atoms with Gasteiger partial charge in [-0.1, -0.05) is 0 Å². The molecule has 1 fully saturated rings. The molecule has 2 rings (SSSR count). The Hall–Kier alpha value is -2.02. The molecular formula is C10H14N4O3. The van der Waals surface area contributed by atoms with Gasteiger partial charge in [0.15, 0.2) is 0 Å². The SMILES string of the molecule is Nc1nc(N2CCOCC2)ccc1NC(=O)O. The molecule has 7 heteroatoms. The fourth-order valence-corrected chi connectivity index (χ4v) is 1.65. The van der Waals surface area contributed by atoms with Crippen LogP contribution in [0.4, 0.5) is 22.1 Å². The number of morpholine rings is 1. The van der Waals surface area contributed by atoms with Crippen LogP contribution in [-0.2, 0) is 4.74 Å². The summed E-state index contributed by atoms with van der Waals surface area (Å²) in [5, 5.41) is 10.8. The first-order chi connectivity index (χ1) is 8.16. The van der Waals surface area contributed by atoms with Gasteiger partial charge in [0.25, 0.3) is 0 Å². The van der Waals surface area contributed by atoms with Gasteiger partial charge in [-0.05, 0) is 12.1 Å². The number of carbonyl (C=O) groups is 1. The van der Waals surface area contributed by atoms with Gasteiger partial charge in [-0.15, -0.1) is 0 Å². The number of anilines is 3. The average Bonchev–Trinajstić information content (AvgIpc) is 2.32. The van der Waals surface area contributed by atoms with Crippen LogP contribution in [0.15, 0.2) is 12.1 Å². The highest BCUT2D eigenvalue weighted by molar-refractivity contribution is 5.86. The van der Waals surface area contributed by atoms with Crippen molar-refractivity contribution < 1.29 is 14.6 Å². The van der Waals surface area contributed by atoms with Crippen molar-refractivity contribution in [3.63, 3.8) is 0 Å². The quantitative estimate of drug-likeness (QED) is 0.697. The van der Waals surface area contributed by atoms with E-state index in [4.69, 9.17) is 15.6 Å². The van der Waals surface area contributed by atoms with Crippen LogP contribution in [-0.4, -0.2) is 42.5 Å². The number of nitrogens with zero attached hydrogens (tertiary/aromatic N) is 2. The second-order valence-corrected chi connectivity index (χ2v) is 3.63. The van der Waals surface area contributed by atoms with Gasteiger partial charge >= 0.3 is 6.09 Å². The predicted octanol–water partition coefficient (Wildman–Crippen LogP) is 0.590. The molecule has 1 aromatic rings. The van der Waals surface area contributed by atoms with E-state index in [1.807, 2.05) is 4.90 Å². The molecule has 0 saturated carbocycles. The van der Waals surface area contributed by atoms with Crippen LogP contribution in [0, 0.1) is 0 Å². The van der Waals surface area contributed by atoms with E-state index in [9.17, 15) is 4.79 Å². The zero-order chi connectivity index (χ0) is 12.3. The van der Waals surface area contributed by atoms with Gasteiger partial charge < -0.3 is 20.5 Å². The zero-order valence-electron chi connectivity index (χ0n) is 9.22. The number of aromatic nitrogens is 1. The van der Waals surface area contributed by atoms with Crippen molar-refractivity contribution in [2.24, 2.45) is 0 Å². The molecule has 17 heavy (non-hydrogen) atoms. The maximum absolute atomic E-state index is 10.5. The summed E-state index contributed by atoms with van der Waals surface area (Å²) in [6.07, 6.45) is -1.15. The molecule has 4 N–H and O–H groups in total. The summed E-state index contributed by atoms with van der Waals surface area (Å²) in [6, 6.07) is 3.36. The molecule has 2 heterocycles. The minimum absolute atomic E-state index is 0.177. The predicted molar refractivity (Wildman–Crippen MR) is 63.3 cm³/mol. The molecule has 0 aliphatic carbocycles. The summed E-state index contributed by atoms with van der Waals surface area (Å²) in [6.45, 7) is 2.85. The number of hydrogen-bond acceptors (Lipinski definition) is 5. The third-order valence-electron chi connectivity index (χ3n) is 2.49. The third-order valence-corrected chi connectivity index (χ3v) is 2.49. The standard InChI is InChI=1S/C10H14N4O3/c11-9-7(12-10(15)16)1-2-8(13-9)14-3-5-17-6-4-14/h1-2,12H,3-6H2,(H2,11,13)(H,15,16). The van der Waals surface area contributed by atoms with Crippen molar-refractivity contribution in [2.45, 2.75) is 0 Å². The van der Waals surface area contributed by atoms with E-state index < -0.39 is 6.09 Å². The fourth-order valence-electron chi connectivity index (χ4n) is 1.65. The maximum atomic E-state index is 10.5. The van der Waals surface area contributed by atoms with Crippen molar-refractivity contribution in [3.05, 3.63) is 12.1 Å². The molecule has 0 bridgehead atoms. The van der Waals surface area contributed by atoms with E-state index >= 15 is 0 Å². The number of nitrogens with one attached hydrogen (secondary N) is 1. The number of carboxylic acid groups (broad SMARTS) is 1. The number of pyridine rings is 1. The summed E-state index contributed by atoms with van der Waals surface area (Å²) in [5.74, 6) is 0.915. The van der Waals surface area contributed by atoms with Crippen LogP contribution in [0.3, 0.4) is 0 Å². The van der Waals surface area contributed by atoms with Gasteiger partial charge in [-0.2, -0.15) is 0 Å². The summed E-state index contributed by atoms with van der Waals surface area (Å²) >= 11 is 0. The lowest BCUT2D eigenvalue weighted by Crippen LogP contribution is -2.36. The Morgan fingerprint density at radius 1 is 1.47 bits per heavy atom. The first-order valence-corrected chi connectivity index (χ1v) is 5.26. The normalized spacial score (nSPS) is 15.6. The van der Waals surface area contributed by atoms with Crippen molar-refractivity contribution in [1.29, 1.82) is 0 Å². The Labute approximate surface area is 98.2 Å². The van der Waals surface area contributed by atoms with Crippen molar-refractivity contribution in [2.75, 3.05) is 42.3 Å². The minimum atomic E-state index is -1.15. The Morgan fingerprint density at radius 3 is 2.76 bits per heavy atom. The Morgan fingerprint density at radius 2 is 2.18 bits per heavy atom.